The van der Waals surface area contributed by atoms with Gasteiger partial charge in [-0.2, -0.15) is 4.98 Å². The highest BCUT2D eigenvalue weighted by Crippen LogP contribution is 2.13. The van der Waals surface area contributed by atoms with Gasteiger partial charge in [-0.3, -0.25) is 14.5 Å². The summed E-state index contributed by atoms with van der Waals surface area (Å²) in [4.78, 5) is 35.0. The standard InChI is InChI=1S/C25H28FN5O3/c1-29(17-19-6-3-2-4-7-19)24(32)11-10-23-27-22(28-34-23)18-30-12-14-31(15-13-30)25(33)20-8-5-9-21(26)16-20/h2-9,16H,10-15,17-18H2,1H3. The van der Waals surface area contributed by atoms with Gasteiger partial charge in [0.05, 0.1) is 6.54 Å². The maximum absolute atomic E-state index is 13.4. The van der Waals surface area contributed by atoms with Crippen molar-refractivity contribution in [1.82, 2.24) is 24.8 Å². The second kappa shape index (κ2) is 11.0. The molecule has 2 aromatic carbocycles. The quantitative estimate of drug-likeness (QED) is 0.509. The van der Waals surface area contributed by atoms with Crippen LogP contribution >= 0.6 is 0 Å². The zero-order chi connectivity index (χ0) is 23.9. The second-order valence-electron chi connectivity index (χ2n) is 8.42. The van der Waals surface area contributed by atoms with Crippen LogP contribution < -0.4 is 0 Å². The first-order chi connectivity index (χ1) is 16.5. The van der Waals surface area contributed by atoms with Crippen LogP contribution in [0.2, 0.25) is 0 Å². The van der Waals surface area contributed by atoms with Crippen molar-refractivity contribution in [1.29, 1.82) is 0 Å². The van der Waals surface area contributed by atoms with Gasteiger partial charge in [0.15, 0.2) is 5.82 Å². The third-order valence-corrected chi connectivity index (χ3v) is 5.85. The van der Waals surface area contributed by atoms with Crippen LogP contribution in [-0.2, 0) is 24.3 Å². The predicted octanol–water partition coefficient (Wildman–Crippen LogP) is 2.76. The molecule has 0 radical (unpaired) electrons. The van der Waals surface area contributed by atoms with Crippen LogP contribution in [0.25, 0.3) is 0 Å². The molecule has 1 aliphatic heterocycles. The van der Waals surface area contributed by atoms with Crippen molar-refractivity contribution in [2.24, 2.45) is 0 Å². The van der Waals surface area contributed by atoms with E-state index >= 15 is 0 Å². The molecule has 9 heteroatoms. The molecular weight excluding hydrogens is 437 g/mol. The molecule has 0 spiro atoms. The summed E-state index contributed by atoms with van der Waals surface area (Å²) in [5, 5.41) is 4.04. The Hall–Kier alpha value is -3.59. The molecule has 0 bridgehead atoms. The van der Waals surface area contributed by atoms with E-state index in [2.05, 4.69) is 15.0 Å². The molecule has 2 amide bonds. The maximum Gasteiger partial charge on any atom is 0.254 e. The minimum absolute atomic E-state index is 0.0164. The van der Waals surface area contributed by atoms with Gasteiger partial charge in [-0.25, -0.2) is 4.39 Å². The third kappa shape index (κ3) is 6.26. The van der Waals surface area contributed by atoms with Gasteiger partial charge in [-0.1, -0.05) is 41.6 Å². The minimum Gasteiger partial charge on any atom is -0.341 e. The highest BCUT2D eigenvalue weighted by atomic mass is 19.1. The summed E-state index contributed by atoms with van der Waals surface area (Å²) in [5.74, 6) is 0.439. The molecule has 178 valence electrons. The molecule has 1 aliphatic rings. The highest BCUT2D eigenvalue weighted by molar-refractivity contribution is 5.94. The van der Waals surface area contributed by atoms with Crippen LogP contribution in [0.4, 0.5) is 4.39 Å². The highest BCUT2D eigenvalue weighted by Gasteiger charge is 2.23. The van der Waals surface area contributed by atoms with Crippen LogP contribution in [-0.4, -0.2) is 69.9 Å². The Kier molecular flexibility index (Phi) is 7.64. The van der Waals surface area contributed by atoms with Crippen LogP contribution in [0.3, 0.4) is 0 Å². The Labute approximate surface area is 198 Å². The fourth-order valence-corrected chi connectivity index (χ4v) is 3.92. The van der Waals surface area contributed by atoms with E-state index in [9.17, 15) is 14.0 Å². The number of amides is 2. The normalized spacial score (nSPS) is 14.2. The molecule has 0 aliphatic carbocycles. The lowest BCUT2D eigenvalue weighted by atomic mass is 10.1. The molecule has 0 N–H and O–H groups in total. The maximum atomic E-state index is 13.4. The number of carbonyl (C=O) groups excluding carboxylic acids is 2. The zero-order valence-electron chi connectivity index (χ0n) is 19.2. The summed E-state index contributed by atoms with van der Waals surface area (Å²) in [6, 6.07) is 15.6. The van der Waals surface area contributed by atoms with Gasteiger partial charge in [-0.15, -0.1) is 0 Å². The fourth-order valence-electron chi connectivity index (χ4n) is 3.92. The first-order valence-electron chi connectivity index (χ1n) is 11.3. The van der Waals surface area contributed by atoms with Crippen LogP contribution in [0.15, 0.2) is 59.1 Å². The van der Waals surface area contributed by atoms with E-state index in [0.717, 1.165) is 5.56 Å². The molecule has 34 heavy (non-hydrogen) atoms. The number of hydrogen-bond donors (Lipinski definition) is 0. The molecule has 4 rings (SSSR count). The van der Waals surface area contributed by atoms with E-state index in [0.29, 0.717) is 69.4 Å². The van der Waals surface area contributed by atoms with Crippen LogP contribution in [0, 0.1) is 5.82 Å². The average molecular weight is 466 g/mol. The molecule has 0 unspecified atom stereocenters. The Morgan fingerprint density at radius 2 is 1.82 bits per heavy atom. The van der Waals surface area contributed by atoms with Crippen LogP contribution in [0.5, 0.6) is 0 Å². The summed E-state index contributed by atoms with van der Waals surface area (Å²) in [6.45, 7) is 3.47. The summed E-state index contributed by atoms with van der Waals surface area (Å²) in [6.07, 6.45) is 0.687. The molecule has 0 saturated carbocycles. The first kappa shape index (κ1) is 23.6. The van der Waals surface area contributed by atoms with Crippen LogP contribution in [0.1, 0.15) is 34.1 Å². The molecule has 1 saturated heterocycles. The summed E-state index contributed by atoms with van der Waals surface area (Å²) < 4.78 is 18.7. The number of piperazine rings is 1. The largest absolute Gasteiger partial charge is 0.341 e. The lowest BCUT2D eigenvalue weighted by Gasteiger charge is -2.34. The number of carbonyl (C=O) groups is 2. The molecule has 1 aromatic heterocycles. The summed E-state index contributed by atoms with van der Waals surface area (Å²) in [5.41, 5.74) is 1.44. The molecular formula is C25H28FN5O3. The molecule has 3 aromatic rings. The summed E-state index contributed by atoms with van der Waals surface area (Å²) in [7, 11) is 1.78. The Morgan fingerprint density at radius 1 is 1.06 bits per heavy atom. The number of nitrogens with zero attached hydrogens (tertiary/aromatic N) is 5. The molecule has 8 nitrogen and oxygen atoms in total. The van der Waals surface area contributed by atoms with Gasteiger partial charge in [-0.05, 0) is 23.8 Å². The smallest absolute Gasteiger partial charge is 0.254 e. The van der Waals surface area contributed by atoms with Gasteiger partial charge in [0, 0.05) is 58.2 Å². The number of rotatable bonds is 8. The number of aromatic nitrogens is 2. The van der Waals surface area contributed by atoms with E-state index in [1.54, 1.807) is 29.0 Å². The Balaban J connectivity index is 1.20. The van der Waals surface area contributed by atoms with Gasteiger partial charge >= 0.3 is 0 Å². The number of hydrogen-bond acceptors (Lipinski definition) is 6. The first-order valence-corrected chi connectivity index (χ1v) is 11.3. The SMILES string of the molecule is CN(Cc1ccccc1)C(=O)CCc1nc(CN2CCN(C(=O)c3cccc(F)c3)CC2)no1. The van der Waals surface area contributed by atoms with Crippen molar-refractivity contribution in [3.63, 3.8) is 0 Å². The Morgan fingerprint density at radius 3 is 2.56 bits per heavy atom. The average Bonchev–Trinajstić information content (AvgIpc) is 3.30. The van der Waals surface area contributed by atoms with E-state index < -0.39 is 5.82 Å². The van der Waals surface area contributed by atoms with Crippen molar-refractivity contribution in [2.75, 3.05) is 33.2 Å². The number of aryl methyl sites for hydroxylation is 1. The van der Waals surface area contributed by atoms with Crippen molar-refractivity contribution in [2.45, 2.75) is 25.9 Å². The molecule has 2 heterocycles. The van der Waals surface area contributed by atoms with E-state index in [1.807, 2.05) is 30.3 Å². The topological polar surface area (TPSA) is 82.8 Å². The number of halogens is 1. The molecule has 0 atom stereocenters. The lowest BCUT2D eigenvalue weighted by molar-refractivity contribution is -0.130. The predicted molar refractivity (Wildman–Crippen MR) is 123 cm³/mol. The zero-order valence-corrected chi connectivity index (χ0v) is 19.2. The Bertz CT molecular complexity index is 1110. The third-order valence-electron chi connectivity index (χ3n) is 5.85. The lowest BCUT2D eigenvalue weighted by Crippen LogP contribution is -2.48. The summed E-state index contributed by atoms with van der Waals surface area (Å²) >= 11 is 0. The van der Waals surface area contributed by atoms with Crippen molar-refractivity contribution >= 4 is 11.8 Å². The minimum atomic E-state index is -0.415. The molecule has 1 fully saturated rings. The van der Waals surface area contributed by atoms with Gasteiger partial charge in [0.25, 0.3) is 5.91 Å². The number of benzene rings is 2. The van der Waals surface area contributed by atoms with Crippen molar-refractivity contribution in [3.8, 4) is 0 Å². The van der Waals surface area contributed by atoms with E-state index in [-0.39, 0.29) is 11.8 Å². The van der Waals surface area contributed by atoms with Gasteiger partial charge < -0.3 is 14.3 Å². The second-order valence-corrected chi connectivity index (χ2v) is 8.42. The van der Waals surface area contributed by atoms with E-state index in [4.69, 9.17) is 4.52 Å². The monoisotopic (exact) mass is 465 g/mol. The van der Waals surface area contributed by atoms with Gasteiger partial charge in [0.2, 0.25) is 11.8 Å². The van der Waals surface area contributed by atoms with Crippen molar-refractivity contribution in [3.05, 3.63) is 83.3 Å². The van der Waals surface area contributed by atoms with Crippen molar-refractivity contribution < 1.29 is 18.5 Å². The van der Waals surface area contributed by atoms with Gasteiger partial charge in [0.1, 0.15) is 5.82 Å². The van der Waals surface area contributed by atoms with E-state index in [1.165, 1.54) is 12.1 Å². The fraction of sp³-hybridized carbons (Fsp3) is 0.360.